The van der Waals surface area contributed by atoms with Gasteiger partial charge in [0.1, 0.15) is 11.6 Å². The van der Waals surface area contributed by atoms with E-state index in [4.69, 9.17) is 4.99 Å². The quantitative estimate of drug-likeness (QED) is 0.660. The largest absolute Gasteiger partial charge is 0.279 e. The molecule has 2 aliphatic heterocycles. The van der Waals surface area contributed by atoms with Crippen molar-refractivity contribution in [1.82, 2.24) is 4.90 Å². The lowest BCUT2D eigenvalue weighted by molar-refractivity contribution is -0.125. The van der Waals surface area contributed by atoms with Crippen LogP contribution in [0.1, 0.15) is 36.4 Å². The summed E-state index contributed by atoms with van der Waals surface area (Å²) in [4.78, 5) is 19.2. The number of amidine groups is 1. The second-order valence-electron chi connectivity index (χ2n) is 7.35. The van der Waals surface area contributed by atoms with Crippen molar-refractivity contribution in [2.75, 3.05) is 5.75 Å². The standard InChI is InChI=1S/C23H18F2N2OS/c24-17-8-4-14(5-9-17)12-16-2-1-3-19-21(16)26-23-27(20(28)13-29-23)22(19)15-6-10-18(25)11-7-15/h4-12,22H,1-3,13H2/b16-12+/t22-/m1/s1. The fourth-order valence-electron chi connectivity index (χ4n) is 4.18. The third-order valence-corrected chi connectivity index (χ3v) is 6.43. The van der Waals surface area contributed by atoms with Gasteiger partial charge >= 0.3 is 0 Å². The van der Waals surface area contributed by atoms with Gasteiger partial charge in [-0.3, -0.25) is 9.69 Å². The highest BCUT2D eigenvalue weighted by molar-refractivity contribution is 8.15. The van der Waals surface area contributed by atoms with Crippen LogP contribution in [-0.4, -0.2) is 21.7 Å². The molecule has 0 unspecified atom stereocenters. The SMILES string of the molecule is O=C1CSC2=NC3=C(CCC/C3=C\c3ccc(F)cc3)[C@@H](c3ccc(F)cc3)N12. The van der Waals surface area contributed by atoms with E-state index in [2.05, 4.69) is 6.08 Å². The summed E-state index contributed by atoms with van der Waals surface area (Å²) in [6.45, 7) is 0. The maximum Gasteiger partial charge on any atom is 0.239 e. The van der Waals surface area contributed by atoms with Crippen LogP contribution in [0.5, 0.6) is 0 Å². The van der Waals surface area contributed by atoms with Gasteiger partial charge in [0.15, 0.2) is 5.17 Å². The zero-order chi connectivity index (χ0) is 20.0. The molecule has 146 valence electrons. The molecule has 1 atom stereocenters. The summed E-state index contributed by atoms with van der Waals surface area (Å²) in [6, 6.07) is 12.5. The Labute approximate surface area is 171 Å². The number of nitrogens with zero attached hydrogens (tertiary/aromatic N) is 2. The van der Waals surface area contributed by atoms with Gasteiger partial charge in [-0.15, -0.1) is 0 Å². The average Bonchev–Trinajstić information content (AvgIpc) is 3.10. The number of rotatable bonds is 2. The first-order chi connectivity index (χ1) is 14.1. The molecule has 6 heteroatoms. The Morgan fingerprint density at radius 2 is 1.69 bits per heavy atom. The molecule has 2 aromatic carbocycles. The first kappa shape index (κ1) is 18.3. The highest BCUT2D eigenvalue weighted by Crippen LogP contribution is 2.47. The molecule has 3 aliphatic rings. The van der Waals surface area contributed by atoms with Gasteiger partial charge in [0, 0.05) is 0 Å². The molecule has 1 fully saturated rings. The Hall–Kier alpha value is -2.73. The summed E-state index contributed by atoms with van der Waals surface area (Å²) in [7, 11) is 0. The highest BCUT2D eigenvalue weighted by atomic mass is 32.2. The Kier molecular flexibility index (Phi) is 4.59. The Balaban J connectivity index is 1.64. The van der Waals surface area contributed by atoms with Gasteiger partial charge in [0.05, 0.1) is 17.5 Å². The van der Waals surface area contributed by atoms with E-state index in [-0.39, 0.29) is 23.6 Å². The minimum atomic E-state index is -0.296. The van der Waals surface area contributed by atoms with Crippen LogP contribution in [0.2, 0.25) is 0 Å². The number of hydrogen-bond donors (Lipinski definition) is 0. The Morgan fingerprint density at radius 1 is 1.00 bits per heavy atom. The van der Waals surface area contributed by atoms with Gasteiger partial charge in [-0.1, -0.05) is 36.0 Å². The second kappa shape index (κ2) is 7.26. The topological polar surface area (TPSA) is 32.7 Å². The number of carbonyl (C=O) groups excluding carboxylic acids is 1. The van der Waals surface area contributed by atoms with Gasteiger partial charge < -0.3 is 0 Å². The van der Waals surface area contributed by atoms with Crippen LogP contribution in [0.25, 0.3) is 6.08 Å². The fraction of sp³-hybridized carbons (Fsp3) is 0.217. The lowest BCUT2D eigenvalue weighted by atomic mass is 9.83. The van der Waals surface area contributed by atoms with Gasteiger partial charge in [0.2, 0.25) is 5.91 Å². The molecule has 0 saturated carbocycles. The van der Waals surface area contributed by atoms with Crippen molar-refractivity contribution < 1.29 is 13.6 Å². The predicted molar refractivity (Wildman–Crippen MR) is 111 cm³/mol. The number of carbonyl (C=O) groups is 1. The molecular formula is C23H18F2N2OS. The highest BCUT2D eigenvalue weighted by Gasteiger charge is 2.42. The van der Waals surface area contributed by atoms with E-state index in [1.807, 2.05) is 0 Å². The van der Waals surface area contributed by atoms with Crippen molar-refractivity contribution >= 4 is 28.9 Å². The number of amides is 1. The lowest BCUT2D eigenvalue weighted by Gasteiger charge is -2.37. The molecular weight excluding hydrogens is 390 g/mol. The number of aliphatic imine (C=N–C) groups is 1. The van der Waals surface area contributed by atoms with Crippen molar-refractivity contribution in [2.24, 2.45) is 4.99 Å². The molecule has 1 saturated heterocycles. The number of benzene rings is 2. The van der Waals surface area contributed by atoms with E-state index in [1.54, 1.807) is 29.2 Å². The third-order valence-electron chi connectivity index (χ3n) is 5.49. The van der Waals surface area contributed by atoms with Crippen LogP contribution < -0.4 is 0 Å². The van der Waals surface area contributed by atoms with Crippen LogP contribution >= 0.6 is 11.8 Å². The van der Waals surface area contributed by atoms with Crippen LogP contribution in [0.3, 0.4) is 0 Å². The Morgan fingerprint density at radius 3 is 2.41 bits per heavy atom. The summed E-state index contributed by atoms with van der Waals surface area (Å²) < 4.78 is 26.8. The first-order valence-electron chi connectivity index (χ1n) is 9.59. The molecule has 1 aliphatic carbocycles. The molecule has 29 heavy (non-hydrogen) atoms. The fourth-order valence-corrected chi connectivity index (χ4v) is 5.08. The maximum atomic E-state index is 13.5. The number of thioether (sulfide) groups is 1. The van der Waals surface area contributed by atoms with E-state index >= 15 is 0 Å². The normalized spacial score (nSPS) is 22.6. The third kappa shape index (κ3) is 3.31. The van der Waals surface area contributed by atoms with E-state index < -0.39 is 0 Å². The number of halogens is 2. The zero-order valence-corrected chi connectivity index (χ0v) is 16.4. The lowest BCUT2D eigenvalue weighted by Crippen LogP contribution is -2.38. The molecule has 3 nitrogen and oxygen atoms in total. The molecule has 0 radical (unpaired) electrons. The van der Waals surface area contributed by atoms with Crippen molar-refractivity contribution in [3.8, 4) is 0 Å². The molecule has 0 spiro atoms. The van der Waals surface area contributed by atoms with Crippen molar-refractivity contribution in [1.29, 1.82) is 0 Å². The van der Waals surface area contributed by atoms with Crippen LogP contribution in [0.15, 0.2) is 70.4 Å². The molecule has 1 amide bonds. The average molecular weight is 408 g/mol. The van der Waals surface area contributed by atoms with Crippen LogP contribution in [0, 0.1) is 11.6 Å². The van der Waals surface area contributed by atoms with Gasteiger partial charge in [-0.25, -0.2) is 13.8 Å². The maximum absolute atomic E-state index is 13.5. The van der Waals surface area contributed by atoms with E-state index in [0.717, 1.165) is 47.2 Å². The summed E-state index contributed by atoms with van der Waals surface area (Å²) in [5.74, 6) is -0.158. The predicted octanol–water partition coefficient (Wildman–Crippen LogP) is 5.47. The minimum Gasteiger partial charge on any atom is -0.279 e. The number of fused-ring (bicyclic) bond motifs is 1. The first-order valence-corrected chi connectivity index (χ1v) is 10.6. The number of hydrogen-bond acceptors (Lipinski definition) is 3. The van der Waals surface area contributed by atoms with E-state index in [1.165, 1.54) is 36.0 Å². The van der Waals surface area contributed by atoms with Gasteiger partial charge in [-0.05, 0) is 71.9 Å². The molecule has 2 heterocycles. The molecule has 0 bridgehead atoms. The molecule has 0 aromatic heterocycles. The van der Waals surface area contributed by atoms with E-state index in [9.17, 15) is 13.6 Å². The summed E-state index contributed by atoms with van der Waals surface area (Å²) in [5.41, 5.74) is 4.92. The molecule has 5 rings (SSSR count). The minimum absolute atomic E-state index is 0.0317. The molecule has 0 N–H and O–H groups in total. The Bertz CT molecular complexity index is 1070. The van der Waals surface area contributed by atoms with Crippen molar-refractivity contribution in [2.45, 2.75) is 25.3 Å². The van der Waals surface area contributed by atoms with Crippen molar-refractivity contribution in [3.05, 3.63) is 88.1 Å². The zero-order valence-electron chi connectivity index (χ0n) is 15.6. The number of allylic oxidation sites excluding steroid dienone is 1. The monoisotopic (exact) mass is 408 g/mol. The summed E-state index contributed by atoms with van der Waals surface area (Å²) in [6.07, 6.45) is 4.71. The van der Waals surface area contributed by atoms with Gasteiger partial charge in [0.25, 0.3) is 0 Å². The van der Waals surface area contributed by atoms with Crippen molar-refractivity contribution in [3.63, 3.8) is 0 Å². The smallest absolute Gasteiger partial charge is 0.239 e. The van der Waals surface area contributed by atoms with Gasteiger partial charge in [-0.2, -0.15) is 0 Å². The van der Waals surface area contributed by atoms with Crippen LogP contribution in [-0.2, 0) is 4.79 Å². The molecule has 2 aromatic rings. The second-order valence-corrected chi connectivity index (χ2v) is 8.29. The van der Waals surface area contributed by atoms with E-state index in [0.29, 0.717) is 10.9 Å². The summed E-state index contributed by atoms with van der Waals surface area (Å²) >= 11 is 1.44. The van der Waals surface area contributed by atoms with Crippen LogP contribution in [0.4, 0.5) is 8.78 Å². The summed E-state index contributed by atoms with van der Waals surface area (Å²) in [5, 5.41) is 0.704.